The van der Waals surface area contributed by atoms with Gasteiger partial charge in [-0.1, -0.05) is 12.1 Å². The molecule has 29 heavy (non-hydrogen) atoms. The number of fused-ring (bicyclic) bond motifs is 5. The molecular weight excluding hydrogens is 379 g/mol. The monoisotopic (exact) mass is 399 g/mol. The maximum absolute atomic E-state index is 14.0. The molecule has 2 atom stereocenters. The van der Waals surface area contributed by atoms with Crippen LogP contribution in [0.5, 0.6) is 0 Å². The van der Waals surface area contributed by atoms with Crippen LogP contribution < -0.4 is 10.2 Å². The van der Waals surface area contributed by atoms with Crippen LogP contribution in [0.1, 0.15) is 19.4 Å². The second-order valence-corrected chi connectivity index (χ2v) is 7.76. The number of nitrogens with one attached hydrogen (secondary N) is 1. The Kier molecular flexibility index (Phi) is 3.96. The highest BCUT2D eigenvalue weighted by molar-refractivity contribution is 5.91. The Balaban J connectivity index is 1.84. The Morgan fingerprint density at radius 3 is 2.45 bits per heavy atom. The molecule has 0 radical (unpaired) electrons. The fourth-order valence-electron chi connectivity index (χ4n) is 4.31. The van der Waals surface area contributed by atoms with Crippen molar-refractivity contribution in [3.05, 3.63) is 48.0 Å². The average Bonchev–Trinajstić information content (AvgIpc) is 3.04. The van der Waals surface area contributed by atoms with Gasteiger partial charge in [0.15, 0.2) is 0 Å². The summed E-state index contributed by atoms with van der Waals surface area (Å²) in [5, 5.41) is 3.48. The fraction of sp³-hybridized carbons (Fsp3) is 0.333. The quantitative estimate of drug-likeness (QED) is 0.520. The molecule has 0 bridgehead atoms. The highest BCUT2D eigenvalue weighted by atomic mass is 19.4. The third-order valence-corrected chi connectivity index (χ3v) is 5.41. The summed E-state index contributed by atoms with van der Waals surface area (Å²) in [5.74, 6) is 0.343. The van der Waals surface area contributed by atoms with Gasteiger partial charge < -0.3 is 10.2 Å². The van der Waals surface area contributed by atoms with Gasteiger partial charge in [0.05, 0.1) is 16.6 Å². The van der Waals surface area contributed by atoms with E-state index in [1.54, 1.807) is 10.5 Å². The van der Waals surface area contributed by atoms with E-state index >= 15 is 0 Å². The van der Waals surface area contributed by atoms with E-state index in [0.717, 1.165) is 11.0 Å². The maximum Gasteiger partial charge on any atom is 0.417 e. The molecule has 1 aliphatic rings. The van der Waals surface area contributed by atoms with E-state index in [-0.39, 0.29) is 23.1 Å². The van der Waals surface area contributed by atoms with Gasteiger partial charge >= 0.3 is 6.18 Å². The minimum atomic E-state index is -4.48. The molecule has 4 aromatic rings. The lowest BCUT2D eigenvalue weighted by Crippen LogP contribution is -2.54. The summed E-state index contributed by atoms with van der Waals surface area (Å²) in [6.45, 7) is 5.24. The molecule has 0 amide bonds. The number of imidazole rings is 1. The molecule has 1 aromatic carbocycles. The van der Waals surface area contributed by atoms with Crippen LogP contribution in [0.4, 0.5) is 19.0 Å². The van der Waals surface area contributed by atoms with Gasteiger partial charge in [0, 0.05) is 30.6 Å². The molecule has 1 saturated heterocycles. The van der Waals surface area contributed by atoms with Gasteiger partial charge in [-0.15, -0.1) is 0 Å². The van der Waals surface area contributed by atoms with Gasteiger partial charge in [-0.25, -0.2) is 9.97 Å². The van der Waals surface area contributed by atoms with Crippen molar-refractivity contribution >= 4 is 33.5 Å². The molecule has 8 heteroatoms. The Morgan fingerprint density at radius 2 is 1.72 bits per heavy atom. The zero-order chi connectivity index (χ0) is 20.3. The van der Waals surface area contributed by atoms with E-state index in [1.165, 1.54) is 12.1 Å². The highest BCUT2D eigenvalue weighted by Gasteiger charge is 2.35. The first-order chi connectivity index (χ1) is 13.8. The summed E-state index contributed by atoms with van der Waals surface area (Å²) in [7, 11) is 0. The Bertz CT molecular complexity index is 1220. The molecule has 2 unspecified atom stereocenters. The topological polar surface area (TPSA) is 45.5 Å². The van der Waals surface area contributed by atoms with Crippen molar-refractivity contribution in [2.45, 2.75) is 32.1 Å². The first kappa shape index (κ1) is 18.2. The zero-order valence-corrected chi connectivity index (χ0v) is 16.0. The van der Waals surface area contributed by atoms with Crippen LogP contribution >= 0.6 is 0 Å². The lowest BCUT2D eigenvalue weighted by atomic mass is 10.1. The van der Waals surface area contributed by atoms with Gasteiger partial charge in [0.25, 0.3) is 0 Å². The maximum atomic E-state index is 14.0. The number of rotatable bonds is 1. The number of piperazine rings is 1. The van der Waals surface area contributed by atoms with Crippen LogP contribution in [0, 0.1) is 0 Å². The van der Waals surface area contributed by atoms with Crippen molar-refractivity contribution in [2.24, 2.45) is 0 Å². The number of aromatic nitrogens is 3. The van der Waals surface area contributed by atoms with Crippen molar-refractivity contribution in [3.8, 4) is 0 Å². The Labute approximate surface area is 165 Å². The van der Waals surface area contributed by atoms with Crippen LogP contribution in [0.3, 0.4) is 0 Å². The molecule has 1 N–H and O–H groups in total. The third kappa shape index (κ3) is 2.98. The van der Waals surface area contributed by atoms with E-state index in [4.69, 9.17) is 4.98 Å². The van der Waals surface area contributed by atoms with E-state index in [2.05, 4.69) is 10.3 Å². The van der Waals surface area contributed by atoms with E-state index in [9.17, 15) is 13.2 Å². The number of alkyl halides is 3. The standard InChI is InChI=1S/C21H20F3N5/c1-12-10-28(11-13(2)25-12)19-9-15(21(22,23)24)14-7-8-18-26-16-5-3-4-6-17(16)29(18)20(14)27-19/h3-9,12-13,25H,10-11H2,1-2H3. The molecule has 0 spiro atoms. The molecule has 4 heterocycles. The SMILES string of the molecule is CC1CN(c2cc(C(F)(F)F)c3ccc4nc5ccccc5n4c3n2)CC(C)N1. The van der Waals surface area contributed by atoms with Gasteiger partial charge in [-0.3, -0.25) is 4.40 Å². The fourth-order valence-corrected chi connectivity index (χ4v) is 4.31. The lowest BCUT2D eigenvalue weighted by Gasteiger charge is -2.37. The molecule has 0 saturated carbocycles. The summed E-state index contributed by atoms with van der Waals surface area (Å²) < 4.78 is 43.6. The lowest BCUT2D eigenvalue weighted by molar-refractivity contribution is -0.136. The van der Waals surface area contributed by atoms with Crippen LogP contribution in [0.15, 0.2) is 42.5 Å². The van der Waals surface area contributed by atoms with Crippen molar-refractivity contribution in [2.75, 3.05) is 18.0 Å². The number of halogens is 3. The molecule has 1 fully saturated rings. The van der Waals surface area contributed by atoms with Crippen LogP contribution in [-0.4, -0.2) is 39.5 Å². The predicted octanol–water partition coefficient (Wildman–Crippen LogP) is 4.24. The Morgan fingerprint density at radius 1 is 1.00 bits per heavy atom. The number of hydrogen-bond donors (Lipinski definition) is 1. The largest absolute Gasteiger partial charge is 0.417 e. The van der Waals surface area contributed by atoms with Gasteiger partial charge in [-0.2, -0.15) is 13.2 Å². The summed E-state index contributed by atoms with van der Waals surface area (Å²) in [5.41, 5.74) is 1.66. The van der Waals surface area contributed by atoms with Crippen molar-refractivity contribution in [3.63, 3.8) is 0 Å². The van der Waals surface area contributed by atoms with Gasteiger partial charge in [-0.05, 0) is 44.2 Å². The number of benzene rings is 1. The number of pyridine rings is 2. The number of nitrogens with zero attached hydrogens (tertiary/aromatic N) is 4. The average molecular weight is 399 g/mol. The molecule has 5 rings (SSSR count). The molecule has 150 valence electrons. The molecule has 5 nitrogen and oxygen atoms in total. The first-order valence-corrected chi connectivity index (χ1v) is 9.60. The second kappa shape index (κ2) is 6.32. The van der Waals surface area contributed by atoms with E-state index < -0.39 is 11.7 Å². The van der Waals surface area contributed by atoms with E-state index in [1.807, 2.05) is 43.0 Å². The van der Waals surface area contributed by atoms with Crippen LogP contribution in [-0.2, 0) is 6.18 Å². The molecular formula is C21H20F3N5. The minimum absolute atomic E-state index is 0.0770. The highest BCUT2D eigenvalue weighted by Crippen LogP contribution is 2.37. The zero-order valence-electron chi connectivity index (χ0n) is 16.0. The van der Waals surface area contributed by atoms with Crippen LogP contribution in [0.2, 0.25) is 0 Å². The van der Waals surface area contributed by atoms with Gasteiger partial charge in [0.2, 0.25) is 0 Å². The van der Waals surface area contributed by atoms with Crippen molar-refractivity contribution < 1.29 is 13.2 Å². The van der Waals surface area contributed by atoms with Crippen molar-refractivity contribution in [1.82, 2.24) is 19.7 Å². The molecule has 3 aromatic heterocycles. The van der Waals surface area contributed by atoms with Gasteiger partial charge in [0.1, 0.15) is 17.1 Å². The summed E-state index contributed by atoms with van der Waals surface area (Å²) in [4.78, 5) is 11.2. The number of para-hydroxylation sites is 2. The number of anilines is 1. The third-order valence-electron chi connectivity index (χ3n) is 5.41. The number of hydrogen-bond acceptors (Lipinski definition) is 4. The summed E-state index contributed by atoms with van der Waals surface area (Å²) >= 11 is 0. The smallest absolute Gasteiger partial charge is 0.353 e. The molecule has 0 aliphatic carbocycles. The normalized spacial score (nSPS) is 20.8. The first-order valence-electron chi connectivity index (χ1n) is 9.60. The minimum Gasteiger partial charge on any atom is -0.353 e. The van der Waals surface area contributed by atoms with Crippen molar-refractivity contribution in [1.29, 1.82) is 0 Å². The van der Waals surface area contributed by atoms with E-state index in [0.29, 0.717) is 24.6 Å². The Hall–Kier alpha value is -2.87. The predicted molar refractivity (Wildman–Crippen MR) is 107 cm³/mol. The second-order valence-electron chi connectivity index (χ2n) is 7.76. The summed E-state index contributed by atoms with van der Waals surface area (Å²) in [6.07, 6.45) is -4.48. The summed E-state index contributed by atoms with van der Waals surface area (Å²) in [6, 6.07) is 12.0. The van der Waals surface area contributed by atoms with Crippen LogP contribution in [0.25, 0.3) is 27.7 Å². The molecule has 1 aliphatic heterocycles.